The van der Waals surface area contributed by atoms with E-state index in [4.69, 9.17) is 4.74 Å². The molecule has 0 fully saturated rings. The van der Waals surface area contributed by atoms with Crippen molar-refractivity contribution in [2.24, 2.45) is 0 Å². The fraction of sp³-hybridized carbons (Fsp3) is 0.667. The van der Waals surface area contributed by atoms with Crippen molar-refractivity contribution in [3.8, 4) is 5.75 Å². The van der Waals surface area contributed by atoms with Crippen LogP contribution in [0.3, 0.4) is 0 Å². The van der Waals surface area contributed by atoms with E-state index >= 15 is 0 Å². The summed E-state index contributed by atoms with van der Waals surface area (Å²) in [5.74, 6) is 0.946. The third-order valence-corrected chi connectivity index (χ3v) is 3.34. The molecule has 0 radical (unpaired) electrons. The van der Waals surface area contributed by atoms with Crippen LogP contribution in [-0.2, 0) is 0 Å². The molecule has 0 atom stereocenters. The molecule has 2 heteroatoms. The van der Waals surface area contributed by atoms with Crippen LogP contribution >= 0.6 is 0 Å². The Morgan fingerprint density at radius 3 is 2.10 bits per heavy atom. The number of unbranched alkanes of at least 4 members (excludes halogenated alkanes) is 6. The number of hydrogen-bond acceptors (Lipinski definition) is 2. The first-order valence-corrected chi connectivity index (χ1v) is 8.23. The van der Waals surface area contributed by atoms with Gasteiger partial charge in [-0.2, -0.15) is 0 Å². The van der Waals surface area contributed by atoms with Crippen LogP contribution in [0.5, 0.6) is 5.75 Å². The van der Waals surface area contributed by atoms with E-state index in [0.717, 1.165) is 12.3 Å². The van der Waals surface area contributed by atoms with Crippen molar-refractivity contribution in [1.29, 1.82) is 0 Å². The van der Waals surface area contributed by atoms with Gasteiger partial charge < -0.3 is 10.1 Å². The van der Waals surface area contributed by atoms with Crippen LogP contribution in [0, 0.1) is 0 Å². The Morgan fingerprint density at radius 2 is 1.50 bits per heavy atom. The zero-order valence-electron chi connectivity index (χ0n) is 13.5. The number of benzene rings is 1. The van der Waals surface area contributed by atoms with E-state index in [1.807, 2.05) is 26.0 Å². The fourth-order valence-corrected chi connectivity index (χ4v) is 2.24. The van der Waals surface area contributed by atoms with Gasteiger partial charge in [0.1, 0.15) is 5.75 Å². The van der Waals surface area contributed by atoms with Crippen molar-refractivity contribution in [3.63, 3.8) is 0 Å². The normalized spacial score (nSPS) is 10.8. The minimum Gasteiger partial charge on any atom is -0.491 e. The van der Waals surface area contributed by atoms with Crippen LogP contribution in [0.2, 0.25) is 0 Å². The lowest BCUT2D eigenvalue weighted by Gasteiger charge is -2.11. The summed E-state index contributed by atoms with van der Waals surface area (Å²) in [4.78, 5) is 0. The molecule has 1 aromatic rings. The predicted octanol–water partition coefficient (Wildman–Crippen LogP) is 5.64. The Kier molecular flexibility index (Phi) is 8.93. The maximum absolute atomic E-state index is 5.63. The summed E-state index contributed by atoms with van der Waals surface area (Å²) in [7, 11) is 0. The van der Waals surface area contributed by atoms with E-state index in [1.165, 1.54) is 50.6 Å². The molecule has 0 heterocycles. The third-order valence-electron chi connectivity index (χ3n) is 3.34. The lowest BCUT2D eigenvalue weighted by atomic mass is 10.1. The van der Waals surface area contributed by atoms with E-state index in [0.29, 0.717) is 0 Å². The van der Waals surface area contributed by atoms with Crippen molar-refractivity contribution in [2.45, 2.75) is 71.8 Å². The molecular weight excluding hydrogens is 246 g/mol. The summed E-state index contributed by atoms with van der Waals surface area (Å²) in [5.41, 5.74) is 1.19. The Hall–Kier alpha value is -1.18. The van der Waals surface area contributed by atoms with Crippen LogP contribution in [-0.4, -0.2) is 12.6 Å². The number of rotatable bonds is 11. The smallest absolute Gasteiger partial charge is 0.119 e. The average Bonchev–Trinajstić information content (AvgIpc) is 2.43. The molecule has 0 unspecified atom stereocenters. The van der Waals surface area contributed by atoms with Crippen LogP contribution in [0.25, 0.3) is 0 Å². The molecule has 114 valence electrons. The molecule has 1 N–H and O–H groups in total. The highest BCUT2D eigenvalue weighted by atomic mass is 16.5. The zero-order valence-corrected chi connectivity index (χ0v) is 13.5. The Morgan fingerprint density at radius 1 is 0.900 bits per heavy atom. The van der Waals surface area contributed by atoms with E-state index in [1.54, 1.807) is 0 Å². The van der Waals surface area contributed by atoms with E-state index in [9.17, 15) is 0 Å². The minimum absolute atomic E-state index is 0.238. The second kappa shape index (κ2) is 10.6. The first kappa shape index (κ1) is 16.9. The lowest BCUT2D eigenvalue weighted by molar-refractivity contribution is 0.242. The molecular formula is C18H31NO. The second-order valence-corrected chi connectivity index (χ2v) is 5.74. The van der Waals surface area contributed by atoms with Crippen LogP contribution in [0.15, 0.2) is 24.3 Å². The summed E-state index contributed by atoms with van der Waals surface area (Å²) >= 11 is 0. The van der Waals surface area contributed by atoms with Crippen molar-refractivity contribution in [3.05, 3.63) is 24.3 Å². The van der Waals surface area contributed by atoms with Crippen molar-refractivity contribution in [1.82, 2.24) is 0 Å². The van der Waals surface area contributed by atoms with Crippen LogP contribution in [0.1, 0.15) is 65.7 Å². The molecule has 0 amide bonds. The quantitative estimate of drug-likeness (QED) is 0.529. The third kappa shape index (κ3) is 8.08. The van der Waals surface area contributed by atoms with Gasteiger partial charge in [-0.25, -0.2) is 0 Å². The Bertz CT molecular complexity index is 332. The number of nitrogens with one attached hydrogen (secondary N) is 1. The van der Waals surface area contributed by atoms with Gasteiger partial charge in [-0.05, 0) is 44.5 Å². The summed E-state index contributed by atoms with van der Waals surface area (Å²) in [6, 6.07) is 8.26. The van der Waals surface area contributed by atoms with Gasteiger partial charge >= 0.3 is 0 Å². The molecule has 0 spiro atoms. The molecule has 1 rings (SSSR count). The first-order chi connectivity index (χ1) is 9.72. The van der Waals surface area contributed by atoms with Gasteiger partial charge in [0.2, 0.25) is 0 Å². The van der Waals surface area contributed by atoms with Gasteiger partial charge in [-0.15, -0.1) is 0 Å². The minimum atomic E-state index is 0.238. The number of ether oxygens (including phenoxy) is 1. The van der Waals surface area contributed by atoms with Crippen LogP contribution in [0.4, 0.5) is 5.69 Å². The van der Waals surface area contributed by atoms with Gasteiger partial charge in [-0.3, -0.25) is 0 Å². The fourth-order valence-electron chi connectivity index (χ4n) is 2.24. The topological polar surface area (TPSA) is 21.3 Å². The number of hydrogen-bond donors (Lipinski definition) is 1. The molecule has 20 heavy (non-hydrogen) atoms. The summed E-state index contributed by atoms with van der Waals surface area (Å²) in [6.07, 6.45) is 9.74. The molecule has 0 aliphatic carbocycles. The second-order valence-electron chi connectivity index (χ2n) is 5.74. The highest BCUT2D eigenvalue weighted by Gasteiger charge is 1.97. The summed E-state index contributed by atoms with van der Waals surface area (Å²) in [6.45, 7) is 7.43. The van der Waals surface area contributed by atoms with Crippen molar-refractivity contribution < 1.29 is 4.74 Å². The summed E-state index contributed by atoms with van der Waals surface area (Å²) < 4.78 is 5.63. The van der Waals surface area contributed by atoms with E-state index in [-0.39, 0.29) is 6.10 Å². The van der Waals surface area contributed by atoms with E-state index < -0.39 is 0 Å². The molecule has 0 saturated carbocycles. The SMILES string of the molecule is CCCCCCCCCNc1ccc(OC(C)C)cc1. The lowest BCUT2D eigenvalue weighted by Crippen LogP contribution is -2.05. The Balaban J connectivity index is 2.07. The molecule has 0 aliphatic rings. The van der Waals surface area contributed by atoms with Gasteiger partial charge in [0.15, 0.2) is 0 Å². The molecule has 2 nitrogen and oxygen atoms in total. The number of anilines is 1. The van der Waals surface area contributed by atoms with Crippen molar-refractivity contribution >= 4 is 5.69 Å². The monoisotopic (exact) mass is 277 g/mol. The molecule has 0 aromatic heterocycles. The average molecular weight is 277 g/mol. The maximum atomic E-state index is 5.63. The van der Waals surface area contributed by atoms with Gasteiger partial charge in [-0.1, -0.05) is 45.4 Å². The zero-order chi connectivity index (χ0) is 14.6. The van der Waals surface area contributed by atoms with Crippen LogP contribution < -0.4 is 10.1 Å². The molecule has 0 saturated heterocycles. The highest BCUT2D eigenvalue weighted by Crippen LogP contribution is 2.17. The molecule has 0 bridgehead atoms. The Labute approximate surface area is 124 Å². The van der Waals surface area contributed by atoms with Gasteiger partial charge in [0, 0.05) is 12.2 Å². The highest BCUT2D eigenvalue weighted by molar-refractivity contribution is 5.46. The standard InChI is InChI=1S/C18H31NO/c1-4-5-6-7-8-9-10-15-19-17-11-13-18(14-12-17)20-16(2)3/h11-14,16,19H,4-10,15H2,1-3H3. The molecule has 0 aliphatic heterocycles. The molecule has 1 aromatic carbocycles. The van der Waals surface area contributed by atoms with Gasteiger partial charge in [0.25, 0.3) is 0 Å². The van der Waals surface area contributed by atoms with Gasteiger partial charge in [0.05, 0.1) is 6.10 Å². The maximum Gasteiger partial charge on any atom is 0.119 e. The summed E-state index contributed by atoms with van der Waals surface area (Å²) in [5, 5.41) is 3.47. The largest absolute Gasteiger partial charge is 0.491 e. The van der Waals surface area contributed by atoms with Crippen molar-refractivity contribution in [2.75, 3.05) is 11.9 Å². The van der Waals surface area contributed by atoms with E-state index in [2.05, 4.69) is 24.4 Å². The predicted molar refractivity (Wildman–Crippen MR) is 88.7 cm³/mol. The first-order valence-electron chi connectivity index (χ1n) is 8.23.